The molecule has 7 nitrogen and oxygen atoms in total. The van der Waals surface area contributed by atoms with Gasteiger partial charge in [-0.2, -0.15) is 0 Å². The molecule has 7 heteroatoms. The normalized spacial score (nSPS) is 14.6. The zero-order valence-electron chi connectivity index (χ0n) is 21.7. The van der Waals surface area contributed by atoms with Crippen LogP contribution in [-0.4, -0.2) is 25.1 Å². The summed E-state index contributed by atoms with van der Waals surface area (Å²) >= 11 is 0. The molecule has 0 spiro atoms. The van der Waals surface area contributed by atoms with E-state index in [4.69, 9.17) is 13.9 Å². The van der Waals surface area contributed by atoms with Gasteiger partial charge in [-0.3, -0.25) is 14.5 Å². The molecule has 0 bridgehead atoms. The minimum atomic E-state index is -0.711. The quantitative estimate of drug-likeness (QED) is 0.207. The second-order valence-corrected chi connectivity index (χ2v) is 9.29. The Morgan fingerprint density at radius 3 is 2.39 bits per heavy atom. The second kappa shape index (κ2) is 10.5. The molecule has 5 rings (SSSR count). The lowest BCUT2D eigenvalue weighted by Gasteiger charge is -2.25. The van der Waals surface area contributed by atoms with Gasteiger partial charge in [-0.05, 0) is 74.4 Å². The highest BCUT2D eigenvalue weighted by Gasteiger charge is 2.43. The monoisotopic (exact) mass is 511 g/mol. The molecule has 1 atom stereocenters. The lowest BCUT2D eigenvalue weighted by atomic mass is 9.97. The smallest absolute Gasteiger partial charge is 0.338 e. The highest BCUT2D eigenvalue weighted by Crippen LogP contribution is 2.41. The fourth-order valence-electron chi connectivity index (χ4n) is 4.73. The second-order valence-electron chi connectivity index (χ2n) is 9.29. The number of unbranched alkanes of at least 4 members (excludes halogenated alkanes) is 1. The Morgan fingerprint density at radius 2 is 1.71 bits per heavy atom. The van der Waals surface area contributed by atoms with E-state index in [1.807, 2.05) is 51.1 Å². The fraction of sp³-hybridized carbons (Fsp3) is 0.258. The molecule has 0 fully saturated rings. The van der Waals surface area contributed by atoms with Crippen molar-refractivity contribution < 1.29 is 23.5 Å². The third kappa shape index (κ3) is 4.56. The first kappa shape index (κ1) is 25.3. The van der Waals surface area contributed by atoms with Crippen LogP contribution in [0.25, 0.3) is 11.0 Å². The van der Waals surface area contributed by atoms with E-state index < -0.39 is 17.9 Å². The number of rotatable bonds is 8. The van der Waals surface area contributed by atoms with E-state index in [0.29, 0.717) is 46.7 Å². The van der Waals surface area contributed by atoms with Gasteiger partial charge in [0.2, 0.25) is 5.76 Å². The molecule has 0 radical (unpaired) electrons. The predicted molar refractivity (Wildman–Crippen MR) is 145 cm³/mol. The van der Waals surface area contributed by atoms with Crippen molar-refractivity contribution in [3.05, 3.63) is 105 Å². The molecule has 4 aromatic rings. The minimum absolute atomic E-state index is 0.0216. The van der Waals surface area contributed by atoms with Gasteiger partial charge in [0.05, 0.1) is 35.8 Å². The topological polar surface area (TPSA) is 86.0 Å². The van der Waals surface area contributed by atoms with Crippen LogP contribution >= 0.6 is 0 Å². The molecule has 1 aliphatic rings. The number of aryl methyl sites for hydroxylation is 1. The van der Waals surface area contributed by atoms with Crippen molar-refractivity contribution in [2.75, 3.05) is 18.1 Å². The first-order chi connectivity index (χ1) is 18.4. The first-order valence-corrected chi connectivity index (χ1v) is 12.8. The van der Waals surface area contributed by atoms with Crippen molar-refractivity contribution in [3.63, 3.8) is 0 Å². The average Bonchev–Trinajstić information content (AvgIpc) is 3.22. The Kier molecular flexibility index (Phi) is 7.01. The Balaban J connectivity index is 1.61. The predicted octanol–water partition coefficient (Wildman–Crippen LogP) is 6.21. The zero-order chi connectivity index (χ0) is 26.8. The summed E-state index contributed by atoms with van der Waals surface area (Å²) in [5.74, 6) is -0.118. The molecule has 194 valence electrons. The van der Waals surface area contributed by atoms with Gasteiger partial charge < -0.3 is 13.9 Å². The van der Waals surface area contributed by atoms with Crippen LogP contribution in [0.15, 0.2) is 75.9 Å². The largest absolute Gasteiger partial charge is 0.494 e. The number of hydrogen-bond acceptors (Lipinski definition) is 6. The van der Waals surface area contributed by atoms with E-state index >= 15 is 0 Å². The lowest BCUT2D eigenvalue weighted by Crippen LogP contribution is -2.29. The van der Waals surface area contributed by atoms with Crippen LogP contribution in [0.3, 0.4) is 0 Å². The minimum Gasteiger partial charge on any atom is -0.494 e. The number of nitrogens with zero attached hydrogens (tertiary/aromatic N) is 1. The van der Waals surface area contributed by atoms with Crippen LogP contribution in [0.2, 0.25) is 0 Å². The molecule has 1 unspecified atom stereocenters. The lowest BCUT2D eigenvalue weighted by molar-refractivity contribution is 0.0499. The van der Waals surface area contributed by atoms with Crippen LogP contribution in [0, 0.1) is 6.92 Å². The van der Waals surface area contributed by atoms with E-state index in [-0.39, 0.29) is 11.2 Å². The van der Waals surface area contributed by atoms with Crippen LogP contribution < -0.4 is 15.1 Å². The molecule has 38 heavy (non-hydrogen) atoms. The van der Waals surface area contributed by atoms with Gasteiger partial charge in [0.25, 0.3) is 5.91 Å². The van der Waals surface area contributed by atoms with Crippen molar-refractivity contribution in [3.8, 4) is 5.75 Å². The molecule has 1 aromatic heterocycles. The number of carbonyl (C=O) groups excluding carboxylic acids is 2. The van der Waals surface area contributed by atoms with Crippen LogP contribution in [0.5, 0.6) is 5.75 Å². The number of carbonyl (C=O) groups is 2. The van der Waals surface area contributed by atoms with Crippen molar-refractivity contribution >= 4 is 28.5 Å². The number of esters is 1. The maximum atomic E-state index is 13.8. The summed E-state index contributed by atoms with van der Waals surface area (Å²) < 4.78 is 16.9. The number of hydrogen-bond donors (Lipinski definition) is 0. The third-order valence-electron chi connectivity index (χ3n) is 6.64. The molecule has 0 saturated carbocycles. The highest BCUT2D eigenvalue weighted by atomic mass is 16.5. The Bertz CT molecular complexity index is 1550. The molecule has 0 saturated heterocycles. The number of anilines is 1. The Hall–Kier alpha value is -4.39. The summed E-state index contributed by atoms with van der Waals surface area (Å²) in [4.78, 5) is 41.5. The summed E-state index contributed by atoms with van der Waals surface area (Å²) in [6.45, 7) is 6.72. The van der Waals surface area contributed by atoms with Gasteiger partial charge in [0.1, 0.15) is 11.3 Å². The molecule has 0 N–H and O–H groups in total. The van der Waals surface area contributed by atoms with Crippen LogP contribution in [0.4, 0.5) is 5.69 Å². The average molecular weight is 512 g/mol. The maximum Gasteiger partial charge on any atom is 0.338 e. The van der Waals surface area contributed by atoms with E-state index in [9.17, 15) is 14.4 Å². The van der Waals surface area contributed by atoms with E-state index in [1.165, 1.54) is 0 Å². The van der Waals surface area contributed by atoms with Crippen LogP contribution in [0.1, 0.15) is 70.3 Å². The number of ether oxygens (including phenoxy) is 2. The van der Waals surface area contributed by atoms with Crippen molar-refractivity contribution in [1.29, 1.82) is 0 Å². The zero-order valence-corrected chi connectivity index (χ0v) is 21.7. The SMILES string of the molecule is CCCCOC(=O)c1ccc(N2C(=O)c3oc4ccc(C)cc4c(=O)c3C2c2ccc(OCC)cc2)cc1. The Labute approximate surface area is 220 Å². The van der Waals surface area contributed by atoms with E-state index in [1.54, 1.807) is 41.3 Å². The summed E-state index contributed by atoms with van der Waals surface area (Å²) in [6.07, 6.45) is 1.72. The molecule has 1 aliphatic heterocycles. The van der Waals surface area contributed by atoms with Gasteiger partial charge in [-0.1, -0.05) is 37.1 Å². The van der Waals surface area contributed by atoms with E-state index in [2.05, 4.69) is 0 Å². The summed E-state index contributed by atoms with van der Waals surface area (Å²) in [6, 6.07) is 18.6. The number of fused-ring (bicyclic) bond motifs is 2. The van der Waals surface area contributed by atoms with Gasteiger partial charge in [-0.25, -0.2) is 4.79 Å². The summed E-state index contributed by atoms with van der Waals surface area (Å²) in [5.41, 5.74) is 3.00. The van der Waals surface area contributed by atoms with E-state index in [0.717, 1.165) is 24.0 Å². The number of benzene rings is 3. The Morgan fingerprint density at radius 1 is 0.974 bits per heavy atom. The standard InChI is InChI=1S/C31H29NO6/c1-4-6-17-37-31(35)21-8-12-22(13-9-21)32-27(20-10-14-23(15-11-20)36-5-2)26-28(33)24-18-19(3)7-16-25(24)38-29(26)30(32)34/h7-16,18,27H,4-6,17H2,1-3H3. The van der Waals surface area contributed by atoms with Gasteiger partial charge in [0.15, 0.2) is 5.43 Å². The summed E-state index contributed by atoms with van der Waals surface area (Å²) in [7, 11) is 0. The summed E-state index contributed by atoms with van der Waals surface area (Å²) in [5, 5.41) is 0.430. The van der Waals surface area contributed by atoms with Crippen LogP contribution in [-0.2, 0) is 4.74 Å². The number of amides is 1. The van der Waals surface area contributed by atoms with Gasteiger partial charge >= 0.3 is 5.97 Å². The maximum absolute atomic E-state index is 13.8. The highest BCUT2D eigenvalue weighted by molar-refractivity contribution is 6.10. The fourth-order valence-corrected chi connectivity index (χ4v) is 4.73. The first-order valence-electron chi connectivity index (χ1n) is 12.8. The molecule has 0 aliphatic carbocycles. The third-order valence-corrected chi connectivity index (χ3v) is 6.64. The molecular weight excluding hydrogens is 482 g/mol. The molecule has 3 aromatic carbocycles. The van der Waals surface area contributed by atoms with Crippen molar-refractivity contribution in [1.82, 2.24) is 0 Å². The van der Waals surface area contributed by atoms with Gasteiger partial charge in [0, 0.05) is 5.69 Å². The van der Waals surface area contributed by atoms with Crippen molar-refractivity contribution in [2.24, 2.45) is 0 Å². The molecule has 2 heterocycles. The van der Waals surface area contributed by atoms with Crippen molar-refractivity contribution in [2.45, 2.75) is 39.7 Å². The molecular formula is C31H29NO6. The molecule has 1 amide bonds. The van der Waals surface area contributed by atoms with Gasteiger partial charge in [-0.15, -0.1) is 0 Å².